The van der Waals surface area contributed by atoms with Gasteiger partial charge in [-0.05, 0) is 49.3 Å². The number of benzene rings is 1. The average molecular weight is 394 g/mol. The molecule has 0 radical (unpaired) electrons. The van der Waals surface area contributed by atoms with Crippen molar-refractivity contribution in [2.45, 2.75) is 73.0 Å². The summed E-state index contributed by atoms with van der Waals surface area (Å²) in [5, 5.41) is 3.79. The fourth-order valence-electron chi connectivity index (χ4n) is 4.13. The Balaban J connectivity index is 1.96. The molecule has 4 heteroatoms. The number of rotatable bonds is 7. The number of nitrogens with zero attached hydrogens (tertiary/aromatic N) is 2. The Bertz CT molecular complexity index is 949. The molecule has 0 aliphatic heterocycles. The summed E-state index contributed by atoms with van der Waals surface area (Å²) in [7, 11) is 0. The molecule has 2 heterocycles. The highest BCUT2D eigenvalue weighted by atomic mass is 16.5. The Kier molecular flexibility index (Phi) is 5.92. The lowest BCUT2D eigenvalue weighted by atomic mass is 9.82. The molecular weight excluding hydrogens is 358 g/mol. The van der Waals surface area contributed by atoms with Crippen LogP contribution in [0.3, 0.4) is 0 Å². The molecule has 3 aromatic rings. The first kappa shape index (κ1) is 21.2. The van der Waals surface area contributed by atoms with Crippen molar-refractivity contribution in [3.05, 3.63) is 59.9 Å². The van der Waals surface area contributed by atoms with Crippen molar-refractivity contribution in [3.8, 4) is 5.75 Å². The highest BCUT2D eigenvalue weighted by Gasteiger charge is 2.28. The van der Waals surface area contributed by atoms with Crippen LogP contribution in [0.4, 0.5) is 5.82 Å². The van der Waals surface area contributed by atoms with E-state index < -0.39 is 0 Å². The van der Waals surface area contributed by atoms with Crippen molar-refractivity contribution in [2.24, 2.45) is 5.41 Å². The Morgan fingerprint density at radius 1 is 1.00 bits per heavy atom. The highest BCUT2D eigenvalue weighted by molar-refractivity contribution is 5.63. The van der Waals surface area contributed by atoms with Crippen LogP contribution in [0.25, 0.3) is 5.65 Å². The molecular formula is C25H35N3O. The molecule has 3 rings (SSSR count). The summed E-state index contributed by atoms with van der Waals surface area (Å²) in [4.78, 5) is 4.98. The zero-order valence-electron chi connectivity index (χ0n) is 18.9. The molecule has 2 aromatic heterocycles. The molecule has 0 aliphatic carbocycles. The van der Waals surface area contributed by atoms with E-state index in [1.807, 2.05) is 30.3 Å². The smallest absolute Gasteiger partial charge is 0.181 e. The Morgan fingerprint density at radius 3 is 2.31 bits per heavy atom. The fourth-order valence-corrected chi connectivity index (χ4v) is 4.13. The number of hydrogen-bond donors (Lipinski definition) is 1. The quantitative estimate of drug-likeness (QED) is 0.487. The van der Waals surface area contributed by atoms with Gasteiger partial charge in [-0.25, -0.2) is 4.98 Å². The van der Waals surface area contributed by atoms with Gasteiger partial charge in [-0.2, -0.15) is 0 Å². The second kappa shape index (κ2) is 8.10. The maximum Gasteiger partial charge on any atom is 0.181 e. The minimum atomic E-state index is -0.0568. The number of ether oxygens (including phenoxy) is 1. The Labute approximate surface area is 175 Å². The van der Waals surface area contributed by atoms with Gasteiger partial charge in [0.15, 0.2) is 11.4 Å². The second-order valence-corrected chi connectivity index (χ2v) is 10.1. The van der Waals surface area contributed by atoms with Crippen molar-refractivity contribution < 1.29 is 4.74 Å². The number of anilines is 1. The first-order chi connectivity index (χ1) is 13.6. The van der Waals surface area contributed by atoms with Gasteiger partial charge < -0.3 is 10.1 Å². The van der Waals surface area contributed by atoms with Crippen LogP contribution in [0.5, 0.6) is 5.75 Å². The molecule has 156 valence electrons. The van der Waals surface area contributed by atoms with Gasteiger partial charge in [-0.3, -0.25) is 4.40 Å². The molecule has 4 nitrogen and oxygen atoms in total. The van der Waals surface area contributed by atoms with E-state index in [9.17, 15) is 0 Å². The molecule has 0 unspecified atom stereocenters. The van der Waals surface area contributed by atoms with Crippen LogP contribution in [0.1, 0.15) is 72.1 Å². The molecule has 0 amide bonds. The first-order valence-electron chi connectivity index (χ1n) is 10.5. The van der Waals surface area contributed by atoms with E-state index in [0.717, 1.165) is 34.9 Å². The summed E-state index contributed by atoms with van der Waals surface area (Å²) < 4.78 is 8.29. The van der Waals surface area contributed by atoms with Gasteiger partial charge in [-0.15, -0.1) is 0 Å². The van der Waals surface area contributed by atoms with E-state index in [4.69, 9.17) is 9.72 Å². The van der Waals surface area contributed by atoms with Gasteiger partial charge in [-0.1, -0.05) is 65.0 Å². The first-order valence-corrected chi connectivity index (χ1v) is 10.5. The number of nitrogens with one attached hydrogen (secondary N) is 1. The maximum atomic E-state index is 6.15. The summed E-state index contributed by atoms with van der Waals surface area (Å²) in [6, 6.07) is 14.3. The monoisotopic (exact) mass is 393 g/mol. The lowest BCUT2D eigenvalue weighted by Crippen LogP contribution is -2.36. The van der Waals surface area contributed by atoms with Crippen molar-refractivity contribution in [3.63, 3.8) is 0 Å². The van der Waals surface area contributed by atoms with Gasteiger partial charge in [0.05, 0.1) is 5.69 Å². The fraction of sp³-hybridized carbons (Fsp3) is 0.480. The number of hydrogen-bond acceptors (Lipinski definition) is 3. The molecule has 0 aliphatic rings. The predicted molar refractivity (Wildman–Crippen MR) is 122 cm³/mol. The maximum absolute atomic E-state index is 6.15. The molecule has 0 bridgehead atoms. The van der Waals surface area contributed by atoms with Crippen LogP contribution in [0.2, 0.25) is 0 Å². The van der Waals surface area contributed by atoms with Crippen molar-refractivity contribution >= 4 is 11.5 Å². The standard InChI is InChI=1S/C25H35N3O/c1-18(2)21-23(27-25(6,7)17-24(3,4)5)28-15-11-14-20(22(28)26-21)29-16-19-12-9-8-10-13-19/h8-15,18,27H,16-17H2,1-7H3. The third kappa shape index (κ3) is 5.31. The third-order valence-electron chi connectivity index (χ3n) is 4.85. The molecule has 0 saturated heterocycles. The second-order valence-electron chi connectivity index (χ2n) is 10.1. The van der Waals surface area contributed by atoms with Gasteiger partial charge >= 0.3 is 0 Å². The molecule has 0 spiro atoms. The molecule has 0 saturated carbocycles. The summed E-state index contributed by atoms with van der Waals surface area (Å²) in [6.45, 7) is 16.3. The Hall–Kier alpha value is -2.49. The predicted octanol–water partition coefficient (Wildman–Crippen LogP) is 6.66. The van der Waals surface area contributed by atoms with Gasteiger partial charge in [0.1, 0.15) is 12.4 Å². The molecule has 1 aromatic carbocycles. The van der Waals surface area contributed by atoms with E-state index in [-0.39, 0.29) is 11.0 Å². The zero-order chi connectivity index (χ0) is 21.2. The van der Waals surface area contributed by atoms with Crippen LogP contribution in [-0.4, -0.2) is 14.9 Å². The number of imidazole rings is 1. The van der Waals surface area contributed by atoms with Crippen LogP contribution in [0.15, 0.2) is 48.7 Å². The number of pyridine rings is 1. The highest BCUT2D eigenvalue weighted by Crippen LogP contribution is 2.35. The summed E-state index contributed by atoms with van der Waals surface area (Å²) in [5.41, 5.74) is 3.26. The SMILES string of the molecule is CC(C)c1nc2c(OCc3ccccc3)cccn2c1NC(C)(C)CC(C)(C)C. The largest absolute Gasteiger partial charge is 0.485 e. The lowest BCUT2D eigenvalue weighted by Gasteiger charge is -2.34. The van der Waals surface area contributed by atoms with Gasteiger partial charge in [0, 0.05) is 11.7 Å². The van der Waals surface area contributed by atoms with Crippen molar-refractivity contribution in [1.82, 2.24) is 9.38 Å². The summed E-state index contributed by atoms with van der Waals surface area (Å²) >= 11 is 0. The van der Waals surface area contributed by atoms with Crippen molar-refractivity contribution in [2.75, 3.05) is 5.32 Å². The molecule has 0 fully saturated rings. The molecule has 29 heavy (non-hydrogen) atoms. The Morgan fingerprint density at radius 2 is 1.69 bits per heavy atom. The topological polar surface area (TPSA) is 38.6 Å². The third-order valence-corrected chi connectivity index (χ3v) is 4.85. The van der Waals surface area contributed by atoms with Crippen molar-refractivity contribution in [1.29, 1.82) is 0 Å². The summed E-state index contributed by atoms with van der Waals surface area (Å²) in [5.74, 6) is 2.18. The number of aromatic nitrogens is 2. The van der Waals surface area contributed by atoms with Crippen LogP contribution in [0, 0.1) is 5.41 Å². The van der Waals surface area contributed by atoms with E-state index in [0.29, 0.717) is 12.5 Å². The zero-order valence-corrected chi connectivity index (χ0v) is 18.9. The van der Waals surface area contributed by atoms with Crippen LogP contribution >= 0.6 is 0 Å². The normalized spacial score (nSPS) is 12.6. The van der Waals surface area contributed by atoms with E-state index in [1.165, 1.54) is 0 Å². The van der Waals surface area contributed by atoms with Gasteiger partial charge in [0.25, 0.3) is 0 Å². The van der Waals surface area contributed by atoms with E-state index >= 15 is 0 Å². The minimum absolute atomic E-state index is 0.0568. The number of fused-ring (bicyclic) bond motifs is 1. The average Bonchev–Trinajstić information content (AvgIpc) is 2.97. The van der Waals surface area contributed by atoms with E-state index in [1.54, 1.807) is 0 Å². The van der Waals surface area contributed by atoms with E-state index in [2.05, 4.69) is 76.5 Å². The van der Waals surface area contributed by atoms with Crippen LogP contribution in [-0.2, 0) is 6.61 Å². The summed E-state index contributed by atoms with van der Waals surface area (Å²) in [6.07, 6.45) is 3.12. The van der Waals surface area contributed by atoms with Gasteiger partial charge in [0.2, 0.25) is 0 Å². The molecule has 0 atom stereocenters. The minimum Gasteiger partial charge on any atom is -0.485 e. The lowest BCUT2D eigenvalue weighted by molar-refractivity contribution is 0.301. The van der Waals surface area contributed by atoms with Crippen LogP contribution < -0.4 is 10.1 Å². The molecule has 1 N–H and O–H groups in total.